The van der Waals surface area contributed by atoms with Gasteiger partial charge in [0.05, 0.1) is 0 Å². The largest absolute Gasteiger partial charge is 0.253 e. The van der Waals surface area contributed by atoms with E-state index in [2.05, 4.69) is 72.5 Å². The molecule has 0 aliphatic carbocycles. The number of hydrogen-bond donors (Lipinski definition) is 0. The van der Waals surface area contributed by atoms with Crippen molar-refractivity contribution in [3.8, 4) is 0 Å². The highest BCUT2D eigenvalue weighted by Gasteiger charge is 2.12. The molecule has 24 heavy (non-hydrogen) atoms. The molecule has 0 N–H and O–H groups in total. The van der Waals surface area contributed by atoms with Gasteiger partial charge in [0.15, 0.2) is 0 Å². The molecule has 0 amide bonds. The van der Waals surface area contributed by atoms with E-state index in [9.17, 15) is 0 Å². The second-order valence-electron chi connectivity index (χ2n) is 6.19. The molecular formula is C20H23N3S. The maximum Gasteiger partial charge on any atom is 0.137 e. The van der Waals surface area contributed by atoms with E-state index in [0.29, 0.717) is 5.25 Å². The van der Waals surface area contributed by atoms with E-state index in [1.807, 2.05) is 16.4 Å². The number of benzene rings is 2. The molecular weight excluding hydrogens is 314 g/mol. The Morgan fingerprint density at radius 1 is 0.958 bits per heavy atom. The first-order valence-electron chi connectivity index (χ1n) is 8.30. The summed E-state index contributed by atoms with van der Waals surface area (Å²) in [7, 11) is 0. The second-order valence-corrected chi connectivity index (χ2v) is 7.56. The molecule has 0 saturated heterocycles. The van der Waals surface area contributed by atoms with Crippen LogP contribution >= 0.6 is 11.8 Å². The molecule has 3 nitrogen and oxygen atoms in total. The monoisotopic (exact) mass is 337 g/mol. The van der Waals surface area contributed by atoms with Gasteiger partial charge in [0.1, 0.15) is 12.7 Å². The summed E-state index contributed by atoms with van der Waals surface area (Å²) in [4.78, 5) is 5.36. The van der Waals surface area contributed by atoms with Gasteiger partial charge >= 0.3 is 0 Å². The number of rotatable bonds is 7. The van der Waals surface area contributed by atoms with Crippen molar-refractivity contribution < 1.29 is 0 Å². The van der Waals surface area contributed by atoms with Crippen molar-refractivity contribution in [3.63, 3.8) is 0 Å². The van der Waals surface area contributed by atoms with E-state index in [-0.39, 0.29) is 0 Å². The second kappa shape index (κ2) is 8.15. The molecule has 124 valence electrons. The highest BCUT2D eigenvalue weighted by atomic mass is 32.2. The van der Waals surface area contributed by atoms with Crippen molar-refractivity contribution in [1.82, 2.24) is 14.8 Å². The Morgan fingerprint density at radius 2 is 1.62 bits per heavy atom. The average molecular weight is 337 g/mol. The van der Waals surface area contributed by atoms with Gasteiger partial charge in [-0.2, -0.15) is 5.10 Å². The quantitative estimate of drug-likeness (QED) is 0.586. The Hall–Kier alpha value is -2.07. The van der Waals surface area contributed by atoms with E-state index >= 15 is 0 Å². The van der Waals surface area contributed by atoms with Gasteiger partial charge in [-0.25, -0.2) is 4.98 Å². The lowest BCUT2D eigenvalue weighted by molar-refractivity contribution is 0.563. The number of thioether (sulfide) groups is 1. The Labute approximate surface area is 148 Å². The van der Waals surface area contributed by atoms with Crippen molar-refractivity contribution in [2.24, 2.45) is 0 Å². The zero-order valence-electron chi connectivity index (χ0n) is 14.2. The fourth-order valence-electron chi connectivity index (χ4n) is 2.62. The van der Waals surface area contributed by atoms with Crippen LogP contribution < -0.4 is 0 Å². The first-order valence-corrected chi connectivity index (χ1v) is 9.18. The highest BCUT2D eigenvalue weighted by Crippen LogP contribution is 2.28. The summed E-state index contributed by atoms with van der Waals surface area (Å²) in [6.45, 7) is 5.16. The summed E-state index contributed by atoms with van der Waals surface area (Å²) >= 11 is 1.96. The van der Waals surface area contributed by atoms with Crippen LogP contribution in [-0.4, -0.2) is 20.0 Å². The summed E-state index contributed by atoms with van der Waals surface area (Å²) in [5.41, 5.74) is 4.00. The summed E-state index contributed by atoms with van der Waals surface area (Å²) < 4.78 is 1.91. The first-order chi connectivity index (χ1) is 11.7. The Balaban J connectivity index is 1.69. The molecule has 3 rings (SSSR count). The fourth-order valence-corrected chi connectivity index (χ4v) is 3.80. The minimum atomic E-state index is 0.514. The van der Waals surface area contributed by atoms with Gasteiger partial charge in [-0.15, -0.1) is 11.8 Å². The molecule has 0 aliphatic heterocycles. The summed E-state index contributed by atoms with van der Waals surface area (Å²) in [5.74, 6) is 0. The molecule has 1 heterocycles. The normalized spacial score (nSPS) is 12.2. The van der Waals surface area contributed by atoms with E-state index < -0.39 is 0 Å². The summed E-state index contributed by atoms with van der Waals surface area (Å²) in [6, 6.07) is 17.7. The third-order valence-electron chi connectivity index (χ3n) is 4.05. The van der Waals surface area contributed by atoms with Gasteiger partial charge in [-0.1, -0.05) is 47.5 Å². The Kier molecular flexibility index (Phi) is 5.70. The maximum absolute atomic E-state index is 4.22. The molecule has 4 heteroatoms. The fraction of sp³-hybridized carbons (Fsp3) is 0.300. The Morgan fingerprint density at radius 3 is 2.25 bits per heavy atom. The molecule has 1 unspecified atom stereocenters. The molecule has 3 aromatic rings. The van der Waals surface area contributed by atoms with E-state index in [1.54, 1.807) is 12.7 Å². The van der Waals surface area contributed by atoms with Crippen molar-refractivity contribution >= 4 is 11.8 Å². The standard InChI is InChI=1S/C20H23N3S/c1-16-3-7-18(8-4-16)13-20(11-12-23-15-21-14-22-23)24-19-9-5-17(2)6-10-19/h3-10,14-15,20H,11-13H2,1-2H3. The third-order valence-corrected chi connectivity index (χ3v) is 5.33. The minimum absolute atomic E-state index is 0.514. The van der Waals surface area contributed by atoms with E-state index in [0.717, 1.165) is 19.4 Å². The maximum atomic E-state index is 4.22. The topological polar surface area (TPSA) is 30.7 Å². The van der Waals surface area contributed by atoms with Gasteiger partial charge in [-0.05, 0) is 44.4 Å². The van der Waals surface area contributed by atoms with Crippen molar-refractivity contribution in [1.29, 1.82) is 0 Å². The zero-order valence-corrected chi connectivity index (χ0v) is 15.0. The van der Waals surface area contributed by atoms with Crippen LogP contribution in [-0.2, 0) is 13.0 Å². The molecule has 0 spiro atoms. The van der Waals surface area contributed by atoms with Crippen LogP contribution in [0.15, 0.2) is 66.1 Å². The smallest absolute Gasteiger partial charge is 0.137 e. The van der Waals surface area contributed by atoms with E-state index in [1.165, 1.54) is 21.6 Å². The van der Waals surface area contributed by atoms with Crippen LogP contribution in [0.1, 0.15) is 23.1 Å². The molecule has 0 saturated carbocycles. The van der Waals surface area contributed by atoms with Crippen molar-refractivity contribution in [2.45, 2.75) is 43.4 Å². The van der Waals surface area contributed by atoms with Gasteiger partial charge < -0.3 is 0 Å². The predicted molar refractivity (Wildman–Crippen MR) is 100 cm³/mol. The van der Waals surface area contributed by atoms with Crippen LogP contribution in [0.2, 0.25) is 0 Å². The number of hydrogen-bond acceptors (Lipinski definition) is 3. The summed E-state index contributed by atoms with van der Waals surface area (Å²) in [5, 5.41) is 4.74. The molecule has 2 aromatic carbocycles. The molecule has 0 radical (unpaired) electrons. The van der Waals surface area contributed by atoms with Gasteiger partial charge in [0.25, 0.3) is 0 Å². The SMILES string of the molecule is Cc1ccc(CC(CCn2cncn2)Sc2ccc(C)cc2)cc1. The lowest BCUT2D eigenvalue weighted by atomic mass is 10.1. The summed E-state index contributed by atoms with van der Waals surface area (Å²) in [6.07, 6.45) is 5.52. The van der Waals surface area contributed by atoms with Crippen LogP contribution in [0.25, 0.3) is 0 Å². The third kappa shape index (κ3) is 4.96. The number of aromatic nitrogens is 3. The molecule has 1 aromatic heterocycles. The highest BCUT2D eigenvalue weighted by molar-refractivity contribution is 8.00. The molecule has 0 aliphatic rings. The lowest BCUT2D eigenvalue weighted by Crippen LogP contribution is -2.12. The van der Waals surface area contributed by atoms with Crippen LogP contribution in [0.5, 0.6) is 0 Å². The average Bonchev–Trinajstić information content (AvgIpc) is 3.10. The molecule has 0 fully saturated rings. The predicted octanol–water partition coefficient (Wildman–Crippen LogP) is 4.69. The molecule has 0 bridgehead atoms. The van der Waals surface area contributed by atoms with Crippen LogP contribution in [0.3, 0.4) is 0 Å². The van der Waals surface area contributed by atoms with Crippen molar-refractivity contribution in [2.75, 3.05) is 0 Å². The van der Waals surface area contributed by atoms with Gasteiger partial charge in [-0.3, -0.25) is 4.68 Å². The van der Waals surface area contributed by atoms with Crippen LogP contribution in [0, 0.1) is 13.8 Å². The number of nitrogens with zero attached hydrogens (tertiary/aromatic N) is 3. The van der Waals surface area contributed by atoms with Gasteiger partial charge in [0.2, 0.25) is 0 Å². The zero-order chi connectivity index (χ0) is 16.8. The van der Waals surface area contributed by atoms with E-state index in [4.69, 9.17) is 0 Å². The number of aryl methyl sites for hydroxylation is 3. The Bertz CT molecular complexity index is 686. The van der Waals surface area contributed by atoms with Crippen molar-refractivity contribution in [3.05, 3.63) is 77.9 Å². The lowest BCUT2D eigenvalue weighted by Gasteiger charge is -2.17. The molecule has 1 atom stereocenters. The first kappa shape index (κ1) is 16.8. The van der Waals surface area contributed by atoms with Crippen LogP contribution in [0.4, 0.5) is 0 Å². The van der Waals surface area contributed by atoms with Gasteiger partial charge in [0, 0.05) is 16.7 Å². The minimum Gasteiger partial charge on any atom is -0.253 e.